The van der Waals surface area contributed by atoms with Crippen LogP contribution in [0.25, 0.3) is 0 Å². The minimum absolute atomic E-state index is 0.0959. The molecule has 0 atom stereocenters. The van der Waals surface area contributed by atoms with Crippen LogP contribution in [-0.4, -0.2) is 25.5 Å². The van der Waals surface area contributed by atoms with E-state index in [4.69, 9.17) is 0 Å². The molecule has 1 nitrogen and oxygen atoms in total. The van der Waals surface area contributed by atoms with Gasteiger partial charge in [-0.3, -0.25) is 0 Å². The van der Waals surface area contributed by atoms with Gasteiger partial charge in [-0.25, -0.2) is 0 Å². The number of benzene rings is 1. The first kappa shape index (κ1) is 14.1. The van der Waals surface area contributed by atoms with Crippen LogP contribution in [0.4, 0.5) is 8.78 Å². The molecule has 0 fully saturated rings. The standard InChI is InChI=1S/C14H21F2N/c1-13(2,3)11-7-6-8-12(9-11)14(15,16)10-17(4)5/h6-9H,10H2,1-5H3. The molecule has 96 valence electrons. The Kier molecular flexibility index (Phi) is 3.92. The third kappa shape index (κ3) is 3.77. The molecule has 1 aromatic rings. The number of halogens is 2. The predicted octanol–water partition coefficient (Wildman–Crippen LogP) is 3.64. The van der Waals surface area contributed by atoms with Gasteiger partial charge in [-0.1, -0.05) is 39.0 Å². The van der Waals surface area contributed by atoms with Gasteiger partial charge in [0, 0.05) is 5.56 Å². The van der Waals surface area contributed by atoms with Crippen molar-refractivity contribution in [3.05, 3.63) is 35.4 Å². The summed E-state index contributed by atoms with van der Waals surface area (Å²) in [5, 5.41) is 0. The highest BCUT2D eigenvalue weighted by Gasteiger charge is 2.32. The molecule has 0 radical (unpaired) electrons. The van der Waals surface area contributed by atoms with Crippen molar-refractivity contribution in [1.82, 2.24) is 4.90 Å². The Labute approximate surface area is 102 Å². The fourth-order valence-corrected chi connectivity index (χ4v) is 1.70. The Hall–Kier alpha value is -0.960. The van der Waals surface area contributed by atoms with Crippen molar-refractivity contribution in [2.45, 2.75) is 32.1 Å². The summed E-state index contributed by atoms with van der Waals surface area (Å²) >= 11 is 0. The van der Waals surface area contributed by atoms with E-state index in [0.717, 1.165) is 5.56 Å². The molecular formula is C14H21F2N. The van der Waals surface area contributed by atoms with Gasteiger partial charge in [0.2, 0.25) is 0 Å². The third-order valence-electron chi connectivity index (χ3n) is 2.67. The SMILES string of the molecule is CN(C)CC(F)(F)c1cccc(C(C)(C)C)c1. The Morgan fingerprint density at radius 3 is 2.06 bits per heavy atom. The zero-order valence-electron chi connectivity index (χ0n) is 11.2. The Bertz CT molecular complexity index is 378. The quantitative estimate of drug-likeness (QED) is 0.781. The summed E-state index contributed by atoms with van der Waals surface area (Å²) in [5.74, 6) is -2.80. The second-order valence-electron chi connectivity index (χ2n) is 5.77. The van der Waals surface area contributed by atoms with Crippen molar-refractivity contribution in [2.24, 2.45) is 0 Å². The van der Waals surface area contributed by atoms with Crippen molar-refractivity contribution >= 4 is 0 Å². The first-order chi connectivity index (χ1) is 7.63. The van der Waals surface area contributed by atoms with E-state index >= 15 is 0 Å². The molecule has 0 aliphatic rings. The number of nitrogens with zero attached hydrogens (tertiary/aromatic N) is 1. The number of hydrogen-bond donors (Lipinski definition) is 0. The van der Waals surface area contributed by atoms with Crippen LogP contribution in [0.5, 0.6) is 0 Å². The maximum absolute atomic E-state index is 13.9. The summed E-state index contributed by atoms with van der Waals surface area (Å²) in [6.45, 7) is 5.81. The smallest absolute Gasteiger partial charge is 0.285 e. The van der Waals surface area contributed by atoms with Gasteiger partial charge in [-0.2, -0.15) is 8.78 Å². The molecule has 0 saturated heterocycles. The first-order valence-corrected chi connectivity index (χ1v) is 5.76. The van der Waals surface area contributed by atoms with E-state index in [2.05, 4.69) is 0 Å². The monoisotopic (exact) mass is 241 g/mol. The fourth-order valence-electron chi connectivity index (χ4n) is 1.70. The van der Waals surface area contributed by atoms with E-state index in [1.54, 1.807) is 26.2 Å². The highest BCUT2D eigenvalue weighted by Crippen LogP contribution is 2.32. The molecule has 0 saturated carbocycles. The molecule has 1 rings (SSSR count). The number of rotatable bonds is 3. The van der Waals surface area contributed by atoms with Crippen molar-refractivity contribution in [1.29, 1.82) is 0 Å². The highest BCUT2D eigenvalue weighted by molar-refractivity contribution is 5.31. The summed E-state index contributed by atoms with van der Waals surface area (Å²) < 4.78 is 27.9. The van der Waals surface area contributed by atoms with E-state index < -0.39 is 5.92 Å². The van der Waals surface area contributed by atoms with Crippen LogP contribution in [0.15, 0.2) is 24.3 Å². The highest BCUT2D eigenvalue weighted by atomic mass is 19.3. The molecule has 0 aliphatic carbocycles. The molecule has 0 spiro atoms. The average molecular weight is 241 g/mol. The lowest BCUT2D eigenvalue weighted by Gasteiger charge is -2.24. The number of likely N-dealkylation sites (N-methyl/N-ethyl adjacent to an activating group) is 1. The average Bonchev–Trinajstić information content (AvgIpc) is 2.14. The van der Waals surface area contributed by atoms with Gasteiger partial charge in [-0.05, 0) is 31.1 Å². The summed E-state index contributed by atoms with van der Waals surface area (Å²) in [6, 6.07) is 6.72. The lowest BCUT2D eigenvalue weighted by molar-refractivity contribution is -0.0270. The maximum atomic E-state index is 13.9. The summed E-state index contributed by atoms with van der Waals surface area (Å²) in [7, 11) is 3.31. The minimum Gasteiger partial charge on any atom is -0.303 e. The molecule has 17 heavy (non-hydrogen) atoms. The maximum Gasteiger partial charge on any atom is 0.285 e. The van der Waals surface area contributed by atoms with Crippen LogP contribution in [0.3, 0.4) is 0 Å². The zero-order valence-corrected chi connectivity index (χ0v) is 11.2. The lowest BCUT2D eigenvalue weighted by Crippen LogP contribution is -2.30. The zero-order chi connectivity index (χ0) is 13.3. The first-order valence-electron chi connectivity index (χ1n) is 5.76. The predicted molar refractivity (Wildman–Crippen MR) is 67.6 cm³/mol. The Balaban J connectivity index is 3.07. The van der Waals surface area contributed by atoms with Gasteiger partial charge < -0.3 is 4.90 Å². The van der Waals surface area contributed by atoms with Gasteiger partial charge in [0.05, 0.1) is 6.54 Å². The van der Waals surface area contributed by atoms with Crippen LogP contribution in [0.1, 0.15) is 31.9 Å². The summed E-state index contributed by atoms with van der Waals surface area (Å²) in [4.78, 5) is 1.50. The third-order valence-corrected chi connectivity index (χ3v) is 2.67. The normalized spacial score (nSPS) is 13.2. The van der Waals surface area contributed by atoms with E-state index in [-0.39, 0.29) is 17.5 Å². The molecule has 1 aromatic carbocycles. The van der Waals surface area contributed by atoms with Gasteiger partial charge in [-0.15, -0.1) is 0 Å². The molecular weight excluding hydrogens is 220 g/mol. The Morgan fingerprint density at radius 2 is 1.59 bits per heavy atom. The van der Waals surface area contributed by atoms with Crippen LogP contribution in [-0.2, 0) is 11.3 Å². The van der Waals surface area contributed by atoms with Gasteiger partial charge in [0.1, 0.15) is 0 Å². The van der Waals surface area contributed by atoms with Crippen LogP contribution < -0.4 is 0 Å². The van der Waals surface area contributed by atoms with E-state index in [1.165, 1.54) is 11.0 Å². The van der Waals surface area contributed by atoms with E-state index in [9.17, 15) is 8.78 Å². The molecule has 0 unspecified atom stereocenters. The lowest BCUT2D eigenvalue weighted by atomic mass is 9.85. The minimum atomic E-state index is -2.80. The van der Waals surface area contributed by atoms with E-state index in [1.807, 2.05) is 26.8 Å². The molecule has 0 heterocycles. The molecule has 0 amide bonds. The molecule has 0 bridgehead atoms. The molecule has 0 aromatic heterocycles. The summed E-state index contributed by atoms with van der Waals surface area (Å²) in [5.41, 5.74) is 0.927. The second kappa shape index (κ2) is 4.73. The van der Waals surface area contributed by atoms with Gasteiger partial charge >= 0.3 is 0 Å². The second-order valence-corrected chi connectivity index (χ2v) is 5.77. The van der Waals surface area contributed by atoms with Crippen LogP contribution in [0.2, 0.25) is 0 Å². The fraction of sp³-hybridized carbons (Fsp3) is 0.571. The van der Waals surface area contributed by atoms with Crippen LogP contribution in [0, 0.1) is 0 Å². The van der Waals surface area contributed by atoms with Crippen LogP contribution >= 0.6 is 0 Å². The van der Waals surface area contributed by atoms with Crippen molar-refractivity contribution in [3.63, 3.8) is 0 Å². The number of hydrogen-bond acceptors (Lipinski definition) is 1. The van der Waals surface area contributed by atoms with Crippen molar-refractivity contribution < 1.29 is 8.78 Å². The van der Waals surface area contributed by atoms with Gasteiger partial charge in [0.15, 0.2) is 0 Å². The molecule has 0 N–H and O–H groups in total. The number of alkyl halides is 2. The molecule has 3 heteroatoms. The molecule has 0 aliphatic heterocycles. The van der Waals surface area contributed by atoms with Crippen molar-refractivity contribution in [2.75, 3.05) is 20.6 Å². The topological polar surface area (TPSA) is 3.24 Å². The van der Waals surface area contributed by atoms with Gasteiger partial charge in [0.25, 0.3) is 5.92 Å². The van der Waals surface area contributed by atoms with Crippen molar-refractivity contribution in [3.8, 4) is 0 Å². The summed E-state index contributed by atoms with van der Waals surface area (Å²) in [6.07, 6.45) is 0. The Morgan fingerprint density at radius 1 is 1.06 bits per heavy atom. The van der Waals surface area contributed by atoms with E-state index in [0.29, 0.717) is 0 Å². The largest absolute Gasteiger partial charge is 0.303 e.